The molecule has 17 heavy (non-hydrogen) atoms. The van der Waals surface area contributed by atoms with Gasteiger partial charge in [0.1, 0.15) is 0 Å². The maximum Gasteiger partial charge on any atom is 0.253 e. The Balaban J connectivity index is 2.35. The number of nitrogens with two attached hydrogens (primary N) is 1. The van der Waals surface area contributed by atoms with Crippen LogP contribution in [0.2, 0.25) is 0 Å². The second kappa shape index (κ2) is 4.88. The molecule has 0 saturated heterocycles. The topological polar surface area (TPSA) is 73.8 Å². The van der Waals surface area contributed by atoms with Crippen molar-refractivity contribution in [1.29, 1.82) is 0 Å². The molecule has 0 saturated carbocycles. The van der Waals surface area contributed by atoms with Gasteiger partial charge in [0.2, 0.25) is 0 Å². The molecule has 2 N–H and O–H groups in total. The highest BCUT2D eigenvalue weighted by Gasteiger charge is 2.04. The van der Waals surface area contributed by atoms with Gasteiger partial charge in [0.25, 0.3) is 5.56 Å². The lowest BCUT2D eigenvalue weighted by Crippen LogP contribution is -2.21. The molecule has 0 unspecified atom stereocenters. The minimum atomic E-state index is -0.0654. The van der Waals surface area contributed by atoms with Crippen LogP contribution < -0.4 is 11.3 Å². The van der Waals surface area contributed by atoms with E-state index in [-0.39, 0.29) is 5.56 Å². The molecule has 2 rings (SSSR count). The summed E-state index contributed by atoms with van der Waals surface area (Å²) in [5.41, 5.74) is 8.01. The van der Waals surface area contributed by atoms with Crippen LogP contribution in [0.4, 0.5) is 0 Å². The average molecular weight is 230 g/mol. The molecule has 0 atom stereocenters. The molecule has 0 aliphatic carbocycles. The summed E-state index contributed by atoms with van der Waals surface area (Å²) in [5, 5.41) is 0. The van der Waals surface area contributed by atoms with Gasteiger partial charge in [-0.3, -0.25) is 14.3 Å². The van der Waals surface area contributed by atoms with Gasteiger partial charge < -0.3 is 5.73 Å². The normalized spacial score (nSPS) is 10.5. The highest BCUT2D eigenvalue weighted by molar-refractivity contribution is 5.20. The summed E-state index contributed by atoms with van der Waals surface area (Å²) in [5.74, 6) is 0. The first kappa shape index (κ1) is 11.5. The third-order valence-electron chi connectivity index (χ3n) is 2.53. The van der Waals surface area contributed by atoms with Crippen molar-refractivity contribution in [2.24, 2.45) is 5.73 Å². The second-order valence-electron chi connectivity index (χ2n) is 3.81. The molecule has 2 aromatic heterocycles. The third kappa shape index (κ3) is 2.57. The Hall–Kier alpha value is -2.01. The van der Waals surface area contributed by atoms with Gasteiger partial charge in [-0.15, -0.1) is 0 Å². The summed E-state index contributed by atoms with van der Waals surface area (Å²) in [4.78, 5) is 20.0. The molecule has 0 spiro atoms. The lowest BCUT2D eigenvalue weighted by molar-refractivity contribution is 0.717. The number of rotatable bonds is 3. The van der Waals surface area contributed by atoms with E-state index in [1.165, 1.54) is 6.07 Å². The van der Waals surface area contributed by atoms with E-state index in [9.17, 15) is 4.79 Å². The second-order valence-corrected chi connectivity index (χ2v) is 3.81. The molecule has 0 aliphatic heterocycles. The van der Waals surface area contributed by atoms with E-state index >= 15 is 0 Å². The number of hydrogen-bond donors (Lipinski definition) is 1. The summed E-state index contributed by atoms with van der Waals surface area (Å²) in [6.07, 6.45) is 3.24. The van der Waals surface area contributed by atoms with Gasteiger partial charge in [0.15, 0.2) is 0 Å². The summed E-state index contributed by atoms with van der Waals surface area (Å²) in [6, 6.07) is 5.27. The maximum atomic E-state index is 11.7. The first-order valence-electron chi connectivity index (χ1n) is 5.36. The summed E-state index contributed by atoms with van der Waals surface area (Å²) in [6.45, 7) is 2.61. The van der Waals surface area contributed by atoms with E-state index in [1.54, 1.807) is 24.0 Å². The maximum absolute atomic E-state index is 11.7. The largest absolute Gasteiger partial charge is 0.325 e. The molecular formula is C12H14N4O. The fourth-order valence-corrected chi connectivity index (χ4v) is 1.62. The van der Waals surface area contributed by atoms with Crippen molar-refractivity contribution in [1.82, 2.24) is 14.5 Å². The minimum absolute atomic E-state index is 0.0654. The van der Waals surface area contributed by atoms with Crippen molar-refractivity contribution < 1.29 is 0 Å². The Morgan fingerprint density at radius 3 is 2.94 bits per heavy atom. The number of nitrogens with zero attached hydrogens (tertiary/aromatic N) is 3. The molecular weight excluding hydrogens is 216 g/mol. The predicted molar refractivity (Wildman–Crippen MR) is 64.5 cm³/mol. The number of hydrogen-bond acceptors (Lipinski definition) is 4. The van der Waals surface area contributed by atoms with Gasteiger partial charge in [-0.05, 0) is 18.6 Å². The number of pyridine rings is 1. The molecule has 2 aromatic rings. The lowest BCUT2D eigenvalue weighted by Gasteiger charge is -2.08. The van der Waals surface area contributed by atoms with Gasteiger partial charge in [0.05, 0.1) is 18.6 Å². The van der Waals surface area contributed by atoms with Gasteiger partial charge in [0, 0.05) is 24.5 Å². The Kier molecular flexibility index (Phi) is 3.30. The lowest BCUT2D eigenvalue weighted by atomic mass is 10.2. The van der Waals surface area contributed by atoms with Crippen molar-refractivity contribution >= 4 is 0 Å². The molecule has 2 heterocycles. The Morgan fingerprint density at radius 1 is 1.41 bits per heavy atom. The van der Waals surface area contributed by atoms with Crippen LogP contribution in [0.25, 0.3) is 0 Å². The fourth-order valence-electron chi connectivity index (χ4n) is 1.62. The standard InChI is InChI=1S/C12H14N4O/c1-9-5-12(17)16(8-15-9)7-10-3-2-4-14-11(10)6-13/h2-5,8H,6-7,13H2,1H3. The van der Waals surface area contributed by atoms with Crippen LogP contribution in [0, 0.1) is 6.92 Å². The third-order valence-corrected chi connectivity index (χ3v) is 2.53. The molecule has 0 radical (unpaired) electrons. The highest BCUT2D eigenvalue weighted by Crippen LogP contribution is 2.05. The zero-order valence-electron chi connectivity index (χ0n) is 9.63. The monoisotopic (exact) mass is 230 g/mol. The SMILES string of the molecule is Cc1cc(=O)n(Cc2cccnc2CN)cn1. The van der Waals surface area contributed by atoms with Gasteiger partial charge in [-0.2, -0.15) is 0 Å². The van der Waals surface area contributed by atoms with E-state index < -0.39 is 0 Å². The van der Waals surface area contributed by atoms with Crippen molar-refractivity contribution in [3.05, 3.63) is 58.0 Å². The van der Waals surface area contributed by atoms with Crippen LogP contribution in [-0.4, -0.2) is 14.5 Å². The predicted octanol–water partition coefficient (Wildman–Crippen LogP) is 0.454. The van der Waals surface area contributed by atoms with Gasteiger partial charge in [-0.1, -0.05) is 6.07 Å². The zero-order valence-corrected chi connectivity index (χ0v) is 9.63. The highest BCUT2D eigenvalue weighted by atomic mass is 16.1. The zero-order chi connectivity index (χ0) is 12.3. The summed E-state index contributed by atoms with van der Waals surface area (Å²) >= 11 is 0. The van der Waals surface area contributed by atoms with Gasteiger partial charge >= 0.3 is 0 Å². The minimum Gasteiger partial charge on any atom is -0.325 e. The van der Waals surface area contributed by atoms with Gasteiger partial charge in [-0.25, -0.2) is 4.98 Å². The molecule has 5 heteroatoms. The molecule has 88 valence electrons. The fraction of sp³-hybridized carbons (Fsp3) is 0.250. The number of aryl methyl sites for hydroxylation is 1. The molecule has 0 aromatic carbocycles. The van der Waals surface area contributed by atoms with Crippen molar-refractivity contribution in [2.75, 3.05) is 0 Å². The average Bonchev–Trinajstić information content (AvgIpc) is 2.33. The van der Waals surface area contributed by atoms with E-state index in [2.05, 4.69) is 9.97 Å². The van der Waals surface area contributed by atoms with E-state index in [4.69, 9.17) is 5.73 Å². The van der Waals surface area contributed by atoms with Crippen LogP contribution in [0.3, 0.4) is 0 Å². The molecule has 0 amide bonds. The summed E-state index contributed by atoms with van der Waals surface area (Å²) < 4.78 is 1.54. The van der Waals surface area contributed by atoms with E-state index in [1.807, 2.05) is 12.1 Å². The molecule has 0 fully saturated rings. The molecule has 5 nitrogen and oxygen atoms in total. The first-order chi connectivity index (χ1) is 8.20. The van der Waals surface area contributed by atoms with Crippen LogP contribution in [-0.2, 0) is 13.1 Å². The molecule has 0 bridgehead atoms. The quantitative estimate of drug-likeness (QED) is 0.831. The molecule has 0 aliphatic rings. The van der Waals surface area contributed by atoms with Crippen molar-refractivity contribution in [2.45, 2.75) is 20.0 Å². The van der Waals surface area contributed by atoms with E-state index in [0.29, 0.717) is 13.1 Å². The van der Waals surface area contributed by atoms with Crippen LogP contribution in [0.1, 0.15) is 17.0 Å². The van der Waals surface area contributed by atoms with Crippen LogP contribution >= 0.6 is 0 Å². The van der Waals surface area contributed by atoms with E-state index in [0.717, 1.165) is 17.0 Å². The Morgan fingerprint density at radius 2 is 2.24 bits per heavy atom. The Labute approximate surface area is 99.0 Å². The summed E-state index contributed by atoms with van der Waals surface area (Å²) in [7, 11) is 0. The first-order valence-corrected chi connectivity index (χ1v) is 5.36. The van der Waals surface area contributed by atoms with Crippen LogP contribution in [0.5, 0.6) is 0 Å². The van der Waals surface area contributed by atoms with Crippen LogP contribution in [0.15, 0.2) is 35.5 Å². The van der Waals surface area contributed by atoms with Crippen molar-refractivity contribution in [3.63, 3.8) is 0 Å². The van der Waals surface area contributed by atoms with Crippen molar-refractivity contribution in [3.8, 4) is 0 Å². The number of aromatic nitrogens is 3. The Bertz CT molecular complexity index is 577. The smallest absolute Gasteiger partial charge is 0.253 e.